The SMILES string of the molecule is Cc1cccc(N2C(=O)CC(c3cccc(Cl)c3)C3=C2CCCC3=O)c1. The monoisotopic (exact) mass is 365 g/mol. The van der Waals surface area contributed by atoms with Crippen molar-refractivity contribution in [2.45, 2.75) is 38.5 Å². The Balaban J connectivity index is 1.87. The summed E-state index contributed by atoms with van der Waals surface area (Å²) in [6.45, 7) is 2.01. The molecule has 1 aliphatic heterocycles. The van der Waals surface area contributed by atoms with Gasteiger partial charge < -0.3 is 0 Å². The lowest BCUT2D eigenvalue weighted by atomic mass is 9.77. The lowest BCUT2D eigenvalue weighted by Crippen LogP contribution is -2.40. The normalized spacial score (nSPS) is 20.4. The van der Waals surface area contributed by atoms with E-state index in [4.69, 9.17) is 11.6 Å². The molecule has 1 heterocycles. The summed E-state index contributed by atoms with van der Waals surface area (Å²) in [5.41, 5.74) is 4.54. The minimum Gasteiger partial charge on any atom is -0.294 e. The molecule has 0 aromatic heterocycles. The number of amides is 1. The fourth-order valence-corrected chi connectivity index (χ4v) is 4.27. The van der Waals surface area contributed by atoms with Gasteiger partial charge in [0.05, 0.1) is 0 Å². The molecule has 0 spiro atoms. The lowest BCUT2D eigenvalue weighted by molar-refractivity contribution is -0.119. The van der Waals surface area contributed by atoms with Crippen molar-refractivity contribution >= 4 is 29.0 Å². The van der Waals surface area contributed by atoms with E-state index in [0.717, 1.165) is 40.9 Å². The third-order valence-electron chi connectivity index (χ3n) is 5.19. The highest BCUT2D eigenvalue weighted by atomic mass is 35.5. The molecule has 4 heteroatoms. The first kappa shape index (κ1) is 17.0. The van der Waals surface area contributed by atoms with Gasteiger partial charge in [-0.05, 0) is 55.2 Å². The Kier molecular flexibility index (Phi) is 4.41. The van der Waals surface area contributed by atoms with Gasteiger partial charge >= 0.3 is 0 Å². The second-order valence-corrected chi connectivity index (χ2v) is 7.45. The Hall–Kier alpha value is -2.39. The quantitative estimate of drug-likeness (QED) is 0.735. The molecule has 1 atom stereocenters. The second kappa shape index (κ2) is 6.73. The van der Waals surface area contributed by atoms with E-state index < -0.39 is 0 Å². The van der Waals surface area contributed by atoms with Crippen molar-refractivity contribution in [3.05, 3.63) is 76.0 Å². The van der Waals surface area contributed by atoms with Gasteiger partial charge in [-0.15, -0.1) is 0 Å². The molecule has 0 N–H and O–H groups in total. The number of Topliss-reactive ketones (excluding diaryl/α,β-unsaturated/α-hetero) is 1. The molecule has 0 fully saturated rings. The molecular formula is C22H20ClNO2. The van der Waals surface area contributed by atoms with E-state index in [1.165, 1.54) is 0 Å². The van der Waals surface area contributed by atoms with E-state index in [1.54, 1.807) is 4.90 Å². The highest BCUT2D eigenvalue weighted by molar-refractivity contribution is 6.30. The van der Waals surface area contributed by atoms with Gasteiger partial charge in [0.2, 0.25) is 5.91 Å². The average molecular weight is 366 g/mol. The van der Waals surface area contributed by atoms with Gasteiger partial charge in [0, 0.05) is 40.7 Å². The molecule has 2 aromatic carbocycles. The van der Waals surface area contributed by atoms with E-state index in [0.29, 0.717) is 17.9 Å². The number of rotatable bonds is 2. The van der Waals surface area contributed by atoms with Crippen LogP contribution in [0.2, 0.25) is 5.02 Å². The van der Waals surface area contributed by atoms with Crippen LogP contribution in [0.1, 0.15) is 42.7 Å². The highest BCUT2D eigenvalue weighted by Gasteiger charge is 2.39. The van der Waals surface area contributed by atoms with Gasteiger partial charge in [0.15, 0.2) is 5.78 Å². The number of hydrogen-bond donors (Lipinski definition) is 0. The van der Waals surface area contributed by atoms with Gasteiger partial charge in [-0.3, -0.25) is 14.5 Å². The fraction of sp³-hybridized carbons (Fsp3) is 0.273. The van der Waals surface area contributed by atoms with E-state index >= 15 is 0 Å². The summed E-state index contributed by atoms with van der Waals surface area (Å²) in [6, 6.07) is 15.4. The number of ketones is 1. The van der Waals surface area contributed by atoms with Gasteiger partial charge in [-0.2, -0.15) is 0 Å². The van der Waals surface area contributed by atoms with Crippen LogP contribution in [0.15, 0.2) is 59.8 Å². The standard InChI is InChI=1S/C22H20ClNO2/c1-14-5-2-8-17(11-14)24-19-9-4-10-20(25)22(19)18(13-21(24)26)15-6-3-7-16(23)12-15/h2-3,5-8,11-12,18H,4,9-10,13H2,1H3. The van der Waals surface area contributed by atoms with Crippen molar-refractivity contribution in [1.82, 2.24) is 0 Å². The average Bonchev–Trinajstić information content (AvgIpc) is 2.61. The van der Waals surface area contributed by atoms with E-state index in [2.05, 4.69) is 0 Å². The number of nitrogens with zero attached hydrogens (tertiary/aromatic N) is 1. The lowest BCUT2D eigenvalue weighted by Gasteiger charge is -2.38. The van der Waals surface area contributed by atoms with Crippen LogP contribution in [0, 0.1) is 6.92 Å². The first-order valence-corrected chi connectivity index (χ1v) is 9.34. The first-order chi connectivity index (χ1) is 12.5. The highest BCUT2D eigenvalue weighted by Crippen LogP contribution is 2.43. The van der Waals surface area contributed by atoms with Crippen LogP contribution in [0.5, 0.6) is 0 Å². The zero-order valence-corrected chi connectivity index (χ0v) is 15.4. The van der Waals surface area contributed by atoms with Crippen molar-refractivity contribution in [2.24, 2.45) is 0 Å². The van der Waals surface area contributed by atoms with Crippen molar-refractivity contribution in [2.75, 3.05) is 4.90 Å². The molecule has 3 nitrogen and oxygen atoms in total. The molecule has 4 rings (SSSR count). The Morgan fingerprint density at radius 3 is 2.62 bits per heavy atom. The van der Waals surface area contributed by atoms with Crippen LogP contribution in [-0.4, -0.2) is 11.7 Å². The van der Waals surface area contributed by atoms with Gasteiger partial charge in [-0.25, -0.2) is 0 Å². The zero-order chi connectivity index (χ0) is 18.3. The van der Waals surface area contributed by atoms with Crippen LogP contribution >= 0.6 is 11.6 Å². The largest absolute Gasteiger partial charge is 0.294 e. The van der Waals surface area contributed by atoms with E-state index in [-0.39, 0.29) is 17.6 Å². The predicted octanol–water partition coefficient (Wildman–Crippen LogP) is 5.18. The summed E-state index contributed by atoms with van der Waals surface area (Å²) >= 11 is 6.16. The van der Waals surface area contributed by atoms with E-state index in [1.807, 2.05) is 55.5 Å². The number of hydrogen-bond acceptors (Lipinski definition) is 2. The molecule has 1 amide bonds. The van der Waals surface area contributed by atoms with Gasteiger partial charge in [-0.1, -0.05) is 35.9 Å². The Bertz CT molecular complexity index is 931. The van der Waals surface area contributed by atoms with Crippen LogP contribution < -0.4 is 4.90 Å². The predicted molar refractivity (Wildman–Crippen MR) is 103 cm³/mol. The first-order valence-electron chi connectivity index (χ1n) is 8.96. The number of aryl methyl sites for hydroxylation is 1. The number of halogens is 1. The van der Waals surface area contributed by atoms with Crippen LogP contribution in [0.4, 0.5) is 5.69 Å². The molecule has 2 aliphatic rings. The second-order valence-electron chi connectivity index (χ2n) is 7.02. The Morgan fingerprint density at radius 1 is 1.04 bits per heavy atom. The summed E-state index contributed by atoms with van der Waals surface area (Å²) < 4.78 is 0. The zero-order valence-electron chi connectivity index (χ0n) is 14.7. The molecule has 0 saturated heterocycles. The summed E-state index contributed by atoms with van der Waals surface area (Å²) in [7, 11) is 0. The molecule has 0 radical (unpaired) electrons. The van der Waals surface area contributed by atoms with Crippen LogP contribution in [-0.2, 0) is 9.59 Å². The molecule has 132 valence electrons. The van der Waals surface area contributed by atoms with Gasteiger partial charge in [0.1, 0.15) is 0 Å². The third kappa shape index (κ3) is 2.97. The van der Waals surface area contributed by atoms with Crippen LogP contribution in [0.3, 0.4) is 0 Å². The summed E-state index contributed by atoms with van der Waals surface area (Å²) in [6.07, 6.45) is 2.37. The molecule has 0 saturated carbocycles. The summed E-state index contributed by atoms with van der Waals surface area (Å²) in [5, 5.41) is 0.626. The maximum absolute atomic E-state index is 13.1. The number of carbonyl (C=O) groups is 2. The minimum absolute atomic E-state index is 0.0361. The van der Waals surface area contributed by atoms with E-state index in [9.17, 15) is 9.59 Å². The Morgan fingerprint density at radius 2 is 1.85 bits per heavy atom. The maximum atomic E-state index is 13.1. The molecule has 0 bridgehead atoms. The van der Waals surface area contributed by atoms with Crippen molar-refractivity contribution in [1.29, 1.82) is 0 Å². The Labute approximate surface area is 158 Å². The molecular weight excluding hydrogens is 346 g/mol. The minimum atomic E-state index is -0.204. The number of carbonyl (C=O) groups excluding carboxylic acids is 2. The van der Waals surface area contributed by atoms with Crippen molar-refractivity contribution < 1.29 is 9.59 Å². The maximum Gasteiger partial charge on any atom is 0.232 e. The van der Waals surface area contributed by atoms with Crippen molar-refractivity contribution in [3.8, 4) is 0 Å². The number of benzene rings is 2. The number of allylic oxidation sites excluding steroid dienone is 2. The topological polar surface area (TPSA) is 37.4 Å². The van der Waals surface area contributed by atoms with Crippen LogP contribution in [0.25, 0.3) is 0 Å². The molecule has 26 heavy (non-hydrogen) atoms. The smallest absolute Gasteiger partial charge is 0.232 e. The third-order valence-corrected chi connectivity index (χ3v) is 5.42. The summed E-state index contributed by atoms with van der Waals surface area (Å²) in [5.74, 6) is -0.0135. The molecule has 1 aliphatic carbocycles. The van der Waals surface area contributed by atoms with Gasteiger partial charge in [0.25, 0.3) is 0 Å². The molecule has 1 unspecified atom stereocenters. The van der Waals surface area contributed by atoms with Crippen molar-refractivity contribution in [3.63, 3.8) is 0 Å². The fourth-order valence-electron chi connectivity index (χ4n) is 4.07. The number of anilines is 1. The summed E-state index contributed by atoms with van der Waals surface area (Å²) in [4.78, 5) is 27.7. The molecule has 2 aromatic rings.